The van der Waals surface area contributed by atoms with Crippen LogP contribution >= 0.6 is 0 Å². The van der Waals surface area contributed by atoms with E-state index >= 15 is 0 Å². The molecule has 4 N–H and O–H groups in total. The molecule has 0 spiro atoms. The summed E-state index contributed by atoms with van der Waals surface area (Å²) < 4.78 is 5.98. The van der Waals surface area contributed by atoms with Crippen LogP contribution in [0.3, 0.4) is 0 Å². The van der Waals surface area contributed by atoms with Crippen molar-refractivity contribution in [3.63, 3.8) is 0 Å². The minimum absolute atomic E-state index is 0.209. The highest BCUT2D eigenvalue weighted by Gasteiger charge is 2.13. The van der Waals surface area contributed by atoms with Crippen LogP contribution in [0.5, 0.6) is 0 Å². The van der Waals surface area contributed by atoms with Crippen LogP contribution in [0.15, 0.2) is 65.1 Å². The summed E-state index contributed by atoms with van der Waals surface area (Å²) in [7, 11) is 0. The molecule has 0 aliphatic rings. The first-order valence-corrected chi connectivity index (χ1v) is 8.77. The molecule has 0 bridgehead atoms. The zero-order chi connectivity index (χ0) is 18.1. The van der Waals surface area contributed by atoms with Crippen LogP contribution in [0.2, 0.25) is 0 Å². The fourth-order valence-electron chi connectivity index (χ4n) is 3.02. The van der Waals surface area contributed by atoms with Crippen molar-refractivity contribution in [1.82, 2.24) is 15.3 Å². The summed E-state index contributed by atoms with van der Waals surface area (Å²) in [6.45, 7) is 4.15. The molecular weight excluding hydrogens is 324 g/mol. The second kappa shape index (κ2) is 6.78. The van der Waals surface area contributed by atoms with Gasteiger partial charge in [0.25, 0.3) is 0 Å². The highest BCUT2D eigenvalue weighted by atomic mass is 16.3. The second-order valence-corrected chi connectivity index (χ2v) is 6.69. The van der Waals surface area contributed by atoms with Gasteiger partial charge in [0, 0.05) is 11.6 Å². The fraction of sp³-hybridized carbons (Fsp3) is 0.190. The van der Waals surface area contributed by atoms with E-state index in [2.05, 4.69) is 29.1 Å². The predicted molar refractivity (Wildman–Crippen MR) is 104 cm³/mol. The third-order valence-electron chi connectivity index (χ3n) is 4.28. The van der Waals surface area contributed by atoms with Crippen molar-refractivity contribution >= 4 is 11.0 Å². The van der Waals surface area contributed by atoms with E-state index in [-0.39, 0.29) is 6.17 Å². The van der Waals surface area contributed by atoms with Crippen molar-refractivity contribution in [2.75, 3.05) is 0 Å². The zero-order valence-electron chi connectivity index (χ0n) is 14.9. The Morgan fingerprint density at radius 2 is 1.77 bits per heavy atom. The summed E-state index contributed by atoms with van der Waals surface area (Å²) in [4.78, 5) is 7.98. The number of nitrogens with two attached hydrogens (primary N) is 1. The lowest BCUT2D eigenvalue weighted by Gasteiger charge is -2.16. The zero-order valence-corrected chi connectivity index (χ0v) is 14.9. The van der Waals surface area contributed by atoms with Crippen molar-refractivity contribution in [2.24, 2.45) is 5.73 Å². The molecule has 4 rings (SSSR count). The molecule has 2 heterocycles. The van der Waals surface area contributed by atoms with E-state index in [1.807, 2.05) is 60.7 Å². The number of aromatic amines is 1. The molecule has 0 fully saturated rings. The normalized spacial score (nSPS) is 12.8. The van der Waals surface area contributed by atoms with Gasteiger partial charge in [0.05, 0.1) is 17.2 Å². The second-order valence-electron chi connectivity index (χ2n) is 6.69. The predicted octanol–water partition coefficient (Wildman–Crippen LogP) is 4.45. The Hall–Kier alpha value is -2.89. The van der Waals surface area contributed by atoms with Crippen LogP contribution in [-0.2, 0) is 0 Å². The molecule has 1 atom stereocenters. The molecule has 0 aliphatic heterocycles. The summed E-state index contributed by atoms with van der Waals surface area (Å²) in [5.74, 6) is 2.25. The maximum Gasteiger partial charge on any atom is 0.174 e. The van der Waals surface area contributed by atoms with Gasteiger partial charge in [0.1, 0.15) is 5.76 Å². The lowest BCUT2D eigenvalue weighted by atomic mass is 10.1. The van der Waals surface area contributed by atoms with E-state index in [4.69, 9.17) is 10.2 Å². The number of nitrogens with zero attached hydrogens (tertiary/aromatic N) is 1. The van der Waals surface area contributed by atoms with Crippen molar-refractivity contribution in [1.29, 1.82) is 0 Å². The Labute approximate surface area is 152 Å². The van der Waals surface area contributed by atoms with Crippen molar-refractivity contribution in [2.45, 2.75) is 26.1 Å². The first-order chi connectivity index (χ1) is 12.6. The maximum absolute atomic E-state index is 6.21. The number of imidazole rings is 1. The van der Waals surface area contributed by atoms with Crippen LogP contribution in [0.25, 0.3) is 33.9 Å². The summed E-state index contributed by atoms with van der Waals surface area (Å²) in [5.41, 5.74) is 10.1. The molecule has 0 radical (unpaired) electrons. The third kappa shape index (κ3) is 3.27. The Morgan fingerprint density at radius 3 is 2.54 bits per heavy atom. The number of fused-ring (bicyclic) bond motifs is 1. The van der Waals surface area contributed by atoms with Gasteiger partial charge in [-0.3, -0.25) is 5.32 Å². The number of hydrogen-bond donors (Lipinski definition) is 3. The van der Waals surface area contributed by atoms with Gasteiger partial charge >= 0.3 is 0 Å². The van der Waals surface area contributed by atoms with E-state index in [1.54, 1.807) is 0 Å². The molecule has 26 heavy (non-hydrogen) atoms. The Kier molecular flexibility index (Phi) is 4.32. The van der Waals surface area contributed by atoms with E-state index < -0.39 is 0 Å². The van der Waals surface area contributed by atoms with Gasteiger partial charge in [-0.15, -0.1) is 0 Å². The molecule has 0 saturated heterocycles. The Morgan fingerprint density at radius 1 is 1.00 bits per heavy atom. The van der Waals surface area contributed by atoms with Gasteiger partial charge < -0.3 is 15.1 Å². The lowest BCUT2D eigenvalue weighted by molar-refractivity contribution is 0.490. The molecule has 5 heteroatoms. The number of furan rings is 1. The van der Waals surface area contributed by atoms with E-state index in [1.165, 1.54) is 0 Å². The quantitative estimate of drug-likeness (QED) is 0.467. The molecule has 5 nitrogen and oxygen atoms in total. The van der Waals surface area contributed by atoms with Gasteiger partial charge in [-0.2, -0.15) is 0 Å². The van der Waals surface area contributed by atoms with Crippen LogP contribution in [0.4, 0.5) is 0 Å². The molecule has 0 aliphatic carbocycles. The topological polar surface area (TPSA) is 79.9 Å². The van der Waals surface area contributed by atoms with E-state index in [9.17, 15) is 0 Å². The van der Waals surface area contributed by atoms with Gasteiger partial charge in [-0.25, -0.2) is 4.98 Å². The van der Waals surface area contributed by atoms with Crippen LogP contribution in [0, 0.1) is 0 Å². The minimum atomic E-state index is -0.209. The Balaban J connectivity index is 1.65. The van der Waals surface area contributed by atoms with E-state index in [0.717, 1.165) is 27.9 Å². The summed E-state index contributed by atoms with van der Waals surface area (Å²) in [6.07, 6.45) is -0.209. The summed E-state index contributed by atoms with van der Waals surface area (Å²) in [5, 5.41) is 3.31. The highest BCUT2D eigenvalue weighted by molar-refractivity contribution is 5.79. The third-order valence-corrected chi connectivity index (χ3v) is 4.28. The molecular formula is C21H22N4O. The molecule has 0 saturated carbocycles. The Bertz CT molecular complexity index is 1020. The van der Waals surface area contributed by atoms with Gasteiger partial charge in [-0.05, 0) is 43.7 Å². The standard InChI is InChI=1S/C21H22N4O/c1-13(2)23-20(22)15-8-9-16-17(12-15)25-21(24-16)19-11-10-18(26-19)14-6-4-3-5-7-14/h3-13,20,23H,22H2,1-2H3,(H,24,25). The number of nitrogens with one attached hydrogen (secondary N) is 2. The lowest BCUT2D eigenvalue weighted by Crippen LogP contribution is -2.33. The molecule has 132 valence electrons. The minimum Gasteiger partial charge on any atom is -0.453 e. The first kappa shape index (κ1) is 16.6. The van der Waals surface area contributed by atoms with Crippen molar-refractivity contribution in [3.8, 4) is 22.9 Å². The van der Waals surface area contributed by atoms with Crippen molar-refractivity contribution < 1.29 is 4.42 Å². The molecule has 1 unspecified atom stereocenters. The van der Waals surface area contributed by atoms with Crippen LogP contribution in [-0.4, -0.2) is 16.0 Å². The monoisotopic (exact) mass is 346 g/mol. The maximum atomic E-state index is 6.21. The van der Waals surface area contributed by atoms with E-state index in [0.29, 0.717) is 17.6 Å². The molecule has 0 amide bonds. The van der Waals surface area contributed by atoms with Gasteiger partial charge in [-0.1, -0.05) is 36.4 Å². The fourth-order valence-corrected chi connectivity index (χ4v) is 3.02. The average molecular weight is 346 g/mol. The van der Waals surface area contributed by atoms with Gasteiger partial charge in [0.2, 0.25) is 0 Å². The summed E-state index contributed by atoms with van der Waals surface area (Å²) in [6, 6.07) is 20.3. The van der Waals surface area contributed by atoms with Gasteiger partial charge in [0.15, 0.2) is 11.6 Å². The SMILES string of the molecule is CC(C)NC(N)c1ccc2nc(-c3ccc(-c4ccccc4)o3)[nH]c2c1. The number of hydrogen-bond acceptors (Lipinski definition) is 4. The average Bonchev–Trinajstić information content (AvgIpc) is 3.28. The highest BCUT2D eigenvalue weighted by Crippen LogP contribution is 2.28. The molecule has 2 aromatic heterocycles. The number of aromatic nitrogens is 2. The molecule has 4 aromatic rings. The van der Waals surface area contributed by atoms with Crippen LogP contribution < -0.4 is 11.1 Å². The molecule has 2 aromatic carbocycles. The smallest absolute Gasteiger partial charge is 0.174 e. The first-order valence-electron chi connectivity index (χ1n) is 8.77. The van der Waals surface area contributed by atoms with Crippen molar-refractivity contribution in [3.05, 3.63) is 66.2 Å². The number of H-pyrrole nitrogens is 1. The van der Waals surface area contributed by atoms with Crippen LogP contribution in [0.1, 0.15) is 25.6 Å². The number of rotatable bonds is 5. The number of benzene rings is 2. The summed E-state index contributed by atoms with van der Waals surface area (Å²) >= 11 is 0. The largest absolute Gasteiger partial charge is 0.453 e.